The summed E-state index contributed by atoms with van der Waals surface area (Å²) in [6.45, 7) is 15.7. The van der Waals surface area contributed by atoms with Crippen LogP contribution in [0.2, 0.25) is 0 Å². The molecule has 192 valence electrons. The lowest BCUT2D eigenvalue weighted by Gasteiger charge is -2.14. The van der Waals surface area contributed by atoms with Crippen molar-refractivity contribution in [3.05, 3.63) is 101 Å². The van der Waals surface area contributed by atoms with Crippen LogP contribution in [-0.4, -0.2) is 41.9 Å². The van der Waals surface area contributed by atoms with Crippen molar-refractivity contribution in [2.45, 2.75) is 33.7 Å². The Hall–Kier alpha value is -3.84. The van der Waals surface area contributed by atoms with Crippen molar-refractivity contribution in [2.75, 3.05) is 37.9 Å². The van der Waals surface area contributed by atoms with Gasteiger partial charge in [-0.3, -0.25) is 4.79 Å². The number of anilines is 2. The van der Waals surface area contributed by atoms with E-state index in [1.807, 2.05) is 83.4 Å². The van der Waals surface area contributed by atoms with Crippen LogP contribution in [0, 0.1) is 0 Å². The highest BCUT2D eigenvalue weighted by molar-refractivity contribution is 5.63. The van der Waals surface area contributed by atoms with Crippen LogP contribution in [0.1, 0.15) is 32.8 Å². The molecule has 7 heteroatoms. The van der Waals surface area contributed by atoms with Crippen LogP contribution in [0.4, 0.5) is 11.4 Å². The van der Waals surface area contributed by atoms with Gasteiger partial charge in [0.2, 0.25) is 0 Å². The molecule has 0 radical (unpaired) electrons. The Bertz CT molecular complexity index is 1180. The molecule has 0 unspecified atom stereocenters. The maximum absolute atomic E-state index is 12.5. The van der Waals surface area contributed by atoms with E-state index < -0.39 is 0 Å². The van der Waals surface area contributed by atoms with Gasteiger partial charge >= 0.3 is 0 Å². The number of ether oxygens (including phenoxy) is 1. The molecule has 36 heavy (non-hydrogen) atoms. The van der Waals surface area contributed by atoms with Crippen LogP contribution in [0.15, 0.2) is 90.2 Å². The minimum atomic E-state index is -0.156. The van der Waals surface area contributed by atoms with Gasteiger partial charge in [0, 0.05) is 35.2 Å². The van der Waals surface area contributed by atoms with Crippen LogP contribution in [0.3, 0.4) is 0 Å². The number of aromatic nitrogens is 2. The number of nitrogens with zero attached hydrogens (tertiary/aromatic N) is 3. The fourth-order valence-electron chi connectivity index (χ4n) is 3.36. The minimum Gasteiger partial charge on any atom is -0.480 e. The van der Waals surface area contributed by atoms with Crippen molar-refractivity contribution < 1.29 is 4.74 Å². The molecule has 0 saturated heterocycles. The lowest BCUT2D eigenvalue weighted by molar-refractivity contribution is 0.236. The maximum Gasteiger partial charge on any atom is 0.267 e. The first-order chi connectivity index (χ1) is 17.3. The van der Waals surface area contributed by atoms with Crippen molar-refractivity contribution in [1.29, 1.82) is 0 Å². The van der Waals surface area contributed by atoms with Gasteiger partial charge in [0.05, 0.1) is 18.8 Å². The van der Waals surface area contributed by atoms with Gasteiger partial charge in [-0.2, -0.15) is 5.10 Å². The zero-order chi connectivity index (χ0) is 26.5. The van der Waals surface area contributed by atoms with Crippen LogP contribution < -0.4 is 16.2 Å². The molecule has 3 rings (SSSR count). The predicted molar refractivity (Wildman–Crippen MR) is 151 cm³/mol. The number of nitrogens with one attached hydrogen (secondary N) is 2. The van der Waals surface area contributed by atoms with Crippen molar-refractivity contribution >= 4 is 11.4 Å². The molecule has 7 nitrogen and oxygen atoms in total. The van der Waals surface area contributed by atoms with Gasteiger partial charge in [-0.05, 0) is 69.9 Å². The third kappa shape index (κ3) is 9.07. The molecule has 0 aliphatic heterocycles. The van der Waals surface area contributed by atoms with Crippen LogP contribution in [0.5, 0.6) is 0 Å². The summed E-state index contributed by atoms with van der Waals surface area (Å²) in [5, 5.41) is 11.0. The van der Waals surface area contributed by atoms with Gasteiger partial charge in [0.25, 0.3) is 5.56 Å². The van der Waals surface area contributed by atoms with Gasteiger partial charge in [-0.25, -0.2) is 4.68 Å². The zero-order valence-corrected chi connectivity index (χ0v) is 22.2. The molecular weight excluding hydrogens is 450 g/mol. The molecule has 2 aromatic carbocycles. The van der Waals surface area contributed by atoms with Gasteiger partial charge in [-0.1, -0.05) is 44.7 Å². The first-order valence-corrected chi connectivity index (χ1v) is 12.3. The van der Waals surface area contributed by atoms with Crippen molar-refractivity contribution in [3.8, 4) is 11.3 Å². The molecular formula is C29H39N5O2. The second kappa shape index (κ2) is 14.5. The third-order valence-electron chi connectivity index (χ3n) is 5.09. The van der Waals surface area contributed by atoms with Gasteiger partial charge < -0.3 is 20.3 Å². The fourth-order valence-corrected chi connectivity index (χ4v) is 3.36. The Morgan fingerprint density at radius 3 is 2.39 bits per heavy atom. The van der Waals surface area contributed by atoms with E-state index in [-0.39, 0.29) is 5.56 Å². The lowest BCUT2D eigenvalue weighted by Crippen LogP contribution is -2.22. The Balaban J connectivity index is 0.00000222. The van der Waals surface area contributed by atoms with E-state index >= 15 is 0 Å². The average molecular weight is 490 g/mol. The Kier molecular flexibility index (Phi) is 11.5. The van der Waals surface area contributed by atoms with E-state index in [1.165, 1.54) is 4.68 Å². The van der Waals surface area contributed by atoms with E-state index in [4.69, 9.17) is 4.74 Å². The molecule has 0 saturated carbocycles. The van der Waals surface area contributed by atoms with Gasteiger partial charge in [0.15, 0.2) is 5.88 Å². The monoisotopic (exact) mass is 489 g/mol. The van der Waals surface area contributed by atoms with Crippen molar-refractivity contribution in [1.82, 2.24) is 14.7 Å². The topological polar surface area (TPSA) is 71.4 Å². The third-order valence-corrected chi connectivity index (χ3v) is 5.09. The standard InChI is InChI=1S/C27H33N5O2.C2H6/c1-6-34-21(3)29-25-9-7-8-22(18-25)19-32-27(33)15-14-26(30-32)23-10-12-24(13-11-23)28-20(2)16-17-31(4)5;1-2/h7-15,18,28-29H,2-3,6,16-17,19H2,1,4-5H3;1-2H3. The summed E-state index contributed by atoms with van der Waals surface area (Å²) < 4.78 is 6.83. The van der Waals surface area contributed by atoms with E-state index in [2.05, 4.69) is 33.8 Å². The summed E-state index contributed by atoms with van der Waals surface area (Å²) in [6, 6.07) is 19.0. The quantitative estimate of drug-likeness (QED) is 0.314. The highest BCUT2D eigenvalue weighted by Crippen LogP contribution is 2.20. The molecule has 0 aliphatic carbocycles. The summed E-state index contributed by atoms with van der Waals surface area (Å²) in [5.41, 5.74) is 5.23. The molecule has 0 fully saturated rings. The van der Waals surface area contributed by atoms with Gasteiger partial charge in [-0.15, -0.1) is 0 Å². The maximum atomic E-state index is 12.5. The second-order valence-corrected chi connectivity index (χ2v) is 8.26. The van der Waals surface area contributed by atoms with Crippen molar-refractivity contribution in [2.24, 2.45) is 0 Å². The fraction of sp³-hybridized carbons (Fsp3) is 0.310. The highest BCUT2D eigenvalue weighted by atomic mass is 16.5. The predicted octanol–water partition coefficient (Wildman–Crippen LogP) is 5.78. The lowest BCUT2D eigenvalue weighted by atomic mass is 10.1. The second-order valence-electron chi connectivity index (χ2n) is 8.26. The molecule has 1 aromatic heterocycles. The van der Waals surface area contributed by atoms with Gasteiger partial charge in [0.1, 0.15) is 0 Å². The number of rotatable bonds is 12. The number of hydrogen-bond donors (Lipinski definition) is 2. The summed E-state index contributed by atoms with van der Waals surface area (Å²) in [6.07, 6.45) is 0.873. The zero-order valence-electron chi connectivity index (χ0n) is 22.2. The summed E-state index contributed by atoms with van der Waals surface area (Å²) >= 11 is 0. The number of benzene rings is 2. The molecule has 2 N–H and O–H groups in total. The smallest absolute Gasteiger partial charge is 0.267 e. The Morgan fingerprint density at radius 2 is 1.72 bits per heavy atom. The summed E-state index contributed by atoms with van der Waals surface area (Å²) in [5.74, 6) is 0.483. The Morgan fingerprint density at radius 1 is 1.00 bits per heavy atom. The first kappa shape index (κ1) is 28.4. The molecule has 0 bridgehead atoms. The Labute approximate surface area is 215 Å². The van der Waals surface area contributed by atoms with Crippen molar-refractivity contribution in [3.63, 3.8) is 0 Å². The summed E-state index contributed by atoms with van der Waals surface area (Å²) in [7, 11) is 4.09. The molecule has 1 heterocycles. The molecule has 0 atom stereocenters. The summed E-state index contributed by atoms with van der Waals surface area (Å²) in [4.78, 5) is 14.6. The van der Waals surface area contributed by atoms with E-state index in [0.717, 1.165) is 46.9 Å². The normalized spacial score (nSPS) is 10.3. The van der Waals surface area contributed by atoms with E-state index in [0.29, 0.717) is 19.0 Å². The number of hydrogen-bond acceptors (Lipinski definition) is 6. The average Bonchev–Trinajstić information content (AvgIpc) is 2.86. The van der Waals surface area contributed by atoms with E-state index in [9.17, 15) is 4.79 Å². The van der Waals surface area contributed by atoms with Crippen LogP contribution in [-0.2, 0) is 11.3 Å². The molecule has 0 aliphatic rings. The van der Waals surface area contributed by atoms with E-state index in [1.54, 1.807) is 12.1 Å². The SMILES string of the molecule is C=C(CCN(C)C)Nc1ccc(-c2ccc(=O)n(Cc3cccc(NC(=C)OCC)c3)n2)cc1.CC. The first-order valence-electron chi connectivity index (χ1n) is 12.3. The minimum absolute atomic E-state index is 0.156. The van der Waals surface area contributed by atoms with Crippen LogP contribution in [0.25, 0.3) is 11.3 Å². The molecule has 0 spiro atoms. The molecule has 0 amide bonds. The largest absolute Gasteiger partial charge is 0.480 e. The van der Waals surface area contributed by atoms with Crippen LogP contribution >= 0.6 is 0 Å². The highest BCUT2D eigenvalue weighted by Gasteiger charge is 2.06. The molecule has 3 aromatic rings.